The van der Waals surface area contributed by atoms with E-state index in [9.17, 15) is 17.2 Å². The summed E-state index contributed by atoms with van der Waals surface area (Å²) in [7, 11) is -3.56. The lowest BCUT2D eigenvalue weighted by Gasteiger charge is -2.08. The summed E-state index contributed by atoms with van der Waals surface area (Å²) in [4.78, 5) is 0. The van der Waals surface area contributed by atoms with Gasteiger partial charge in [0.25, 0.3) is 0 Å². The number of benzene rings is 1. The summed E-state index contributed by atoms with van der Waals surface area (Å²) < 4.78 is 57.7. The molecule has 0 unspecified atom stereocenters. The third kappa shape index (κ3) is 6.28. The molecule has 5 nitrogen and oxygen atoms in total. The Hall–Kier alpha value is -0.770. The first kappa shape index (κ1) is 16.3. The van der Waals surface area contributed by atoms with E-state index in [1.165, 1.54) is 6.07 Å². The van der Waals surface area contributed by atoms with Crippen LogP contribution < -0.4 is 9.88 Å². The van der Waals surface area contributed by atoms with Gasteiger partial charge in [-0.2, -0.15) is 4.39 Å². The van der Waals surface area contributed by atoms with Crippen LogP contribution in [0.4, 0.5) is 8.78 Å². The van der Waals surface area contributed by atoms with E-state index >= 15 is 0 Å². The van der Waals surface area contributed by atoms with Crippen molar-refractivity contribution in [2.45, 2.75) is 0 Å². The molecule has 0 aliphatic carbocycles. The minimum Gasteiger partial charge on any atom is -0.488 e. The van der Waals surface area contributed by atoms with E-state index in [2.05, 4.69) is 15.9 Å². The molecule has 0 aromatic heterocycles. The second-order valence-corrected chi connectivity index (χ2v) is 6.18. The van der Waals surface area contributed by atoms with E-state index in [1.807, 2.05) is 0 Å². The van der Waals surface area contributed by atoms with Gasteiger partial charge in [-0.1, -0.05) is 15.9 Å². The first-order valence-electron chi connectivity index (χ1n) is 5.15. The third-order valence-corrected chi connectivity index (χ3v) is 3.15. The van der Waals surface area contributed by atoms with Gasteiger partial charge in [0.05, 0.1) is 19.0 Å². The first-order chi connectivity index (χ1) is 8.79. The number of ether oxygens (including phenoxy) is 2. The molecule has 0 saturated heterocycles. The van der Waals surface area contributed by atoms with Crippen molar-refractivity contribution in [2.75, 3.05) is 25.6 Å². The molecule has 0 fully saturated rings. The van der Waals surface area contributed by atoms with E-state index in [0.29, 0.717) is 4.47 Å². The highest BCUT2D eigenvalue weighted by atomic mass is 79.9. The minimum absolute atomic E-state index is 0.0308. The molecular weight excluding hydrogens is 348 g/mol. The van der Waals surface area contributed by atoms with Gasteiger partial charge in [-0.05, 0) is 12.1 Å². The fourth-order valence-corrected chi connectivity index (χ4v) is 1.88. The van der Waals surface area contributed by atoms with Gasteiger partial charge >= 0.3 is 0 Å². The fourth-order valence-electron chi connectivity index (χ4n) is 1.13. The van der Waals surface area contributed by atoms with Gasteiger partial charge in [0.2, 0.25) is 15.8 Å². The Morgan fingerprint density at radius 3 is 2.53 bits per heavy atom. The maximum atomic E-state index is 13.3. The lowest BCUT2D eigenvalue weighted by Crippen LogP contribution is -2.21. The number of hydrogen-bond acceptors (Lipinski definition) is 4. The second kappa shape index (κ2) is 7.13. The molecule has 1 aromatic rings. The summed E-state index contributed by atoms with van der Waals surface area (Å²) in [6.07, 6.45) is 0. The summed E-state index contributed by atoms with van der Waals surface area (Å²) in [5, 5.41) is 4.76. The molecule has 0 radical (unpaired) electrons. The number of sulfonamides is 1. The van der Waals surface area contributed by atoms with Gasteiger partial charge in [-0.15, -0.1) is 0 Å². The molecule has 1 rings (SSSR count). The number of nitrogens with two attached hydrogens (primary N) is 1. The van der Waals surface area contributed by atoms with Gasteiger partial charge in [-0.3, -0.25) is 0 Å². The maximum Gasteiger partial charge on any atom is 0.211 e. The van der Waals surface area contributed by atoms with Crippen molar-refractivity contribution in [3.05, 3.63) is 28.2 Å². The van der Waals surface area contributed by atoms with Crippen LogP contribution in [0.15, 0.2) is 16.6 Å². The molecule has 19 heavy (non-hydrogen) atoms. The zero-order valence-corrected chi connectivity index (χ0v) is 12.1. The van der Waals surface area contributed by atoms with Crippen molar-refractivity contribution < 1.29 is 26.7 Å². The largest absolute Gasteiger partial charge is 0.488 e. The molecule has 0 aliphatic heterocycles. The highest BCUT2D eigenvalue weighted by Crippen LogP contribution is 2.25. The van der Waals surface area contributed by atoms with Crippen LogP contribution in [0.1, 0.15) is 0 Å². The van der Waals surface area contributed by atoms with Crippen molar-refractivity contribution in [1.29, 1.82) is 0 Å². The molecular formula is C10H12BrF2NO4S. The third-order valence-electron chi connectivity index (χ3n) is 1.96. The predicted molar refractivity (Wildman–Crippen MR) is 68.3 cm³/mol. The molecule has 0 atom stereocenters. The van der Waals surface area contributed by atoms with E-state index in [1.54, 1.807) is 0 Å². The van der Waals surface area contributed by atoms with Crippen LogP contribution in [-0.2, 0) is 14.8 Å². The van der Waals surface area contributed by atoms with Crippen LogP contribution in [0.2, 0.25) is 0 Å². The summed E-state index contributed by atoms with van der Waals surface area (Å²) in [6, 6.07) is 2.26. The zero-order valence-electron chi connectivity index (χ0n) is 9.74. The molecule has 0 bridgehead atoms. The molecule has 9 heteroatoms. The summed E-state index contributed by atoms with van der Waals surface area (Å²) in [6.45, 7) is -0.0992. The summed E-state index contributed by atoms with van der Waals surface area (Å²) >= 11 is 3.00. The first-order valence-corrected chi connectivity index (χ1v) is 7.66. The normalized spacial score (nSPS) is 11.6. The number of hydrogen-bond donors (Lipinski definition) is 1. The van der Waals surface area contributed by atoms with Gasteiger partial charge in [0.1, 0.15) is 6.61 Å². The van der Waals surface area contributed by atoms with Crippen molar-refractivity contribution in [3.8, 4) is 5.75 Å². The topological polar surface area (TPSA) is 78.6 Å². The number of halogens is 3. The van der Waals surface area contributed by atoms with Crippen LogP contribution in [0, 0.1) is 11.6 Å². The molecule has 108 valence electrons. The Bertz CT molecular complexity index is 539. The Morgan fingerprint density at radius 1 is 1.21 bits per heavy atom. The SMILES string of the molecule is NS(=O)(=O)CCOCCOc1cc(Br)cc(F)c1F. The highest BCUT2D eigenvalue weighted by Gasteiger charge is 2.11. The number of primary sulfonamides is 1. The average molecular weight is 360 g/mol. The van der Waals surface area contributed by atoms with Gasteiger partial charge in [-0.25, -0.2) is 17.9 Å². The maximum absolute atomic E-state index is 13.3. The van der Waals surface area contributed by atoms with Crippen LogP contribution in [0.25, 0.3) is 0 Å². The number of rotatable bonds is 7. The second-order valence-electron chi connectivity index (χ2n) is 3.53. The van der Waals surface area contributed by atoms with Crippen LogP contribution in [0.3, 0.4) is 0 Å². The fraction of sp³-hybridized carbons (Fsp3) is 0.400. The van der Waals surface area contributed by atoms with E-state index in [-0.39, 0.29) is 31.3 Å². The lowest BCUT2D eigenvalue weighted by molar-refractivity contribution is 0.109. The van der Waals surface area contributed by atoms with E-state index in [4.69, 9.17) is 14.6 Å². The molecule has 2 N–H and O–H groups in total. The van der Waals surface area contributed by atoms with Crippen molar-refractivity contribution in [3.63, 3.8) is 0 Å². The Balaban J connectivity index is 2.34. The Kier molecular flexibility index (Phi) is 6.11. The molecule has 1 aromatic carbocycles. The lowest BCUT2D eigenvalue weighted by atomic mass is 10.3. The van der Waals surface area contributed by atoms with E-state index < -0.39 is 21.7 Å². The highest BCUT2D eigenvalue weighted by molar-refractivity contribution is 9.10. The van der Waals surface area contributed by atoms with Crippen molar-refractivity contribution >= 4 is 26.0 Å². The molecule has 0 heterocycles. The average Bonchev–Trinajstić information content (AvgIpc) is 2.28. The molecule has 0 saturated carbocycles. The predicted octanol–water partition coefficient (Wildman–Crippen LogP) is 1.41. The van der Waals surface area contributed by atoms with Gasteiger partial charge in [0, 0.05) is 4.47 Å². The smallest absolute Gasteiger partial charge is 0.211 e. The monoisotopic (exact) mass is 359 g/mol. The summed E-state index contributed by atoms with van der Waals surface area (Å²) in [5.74, 6) is -2.68. The zero-order chi connectivity index (χ0) is 14.5. The standard InChI is InChI=1S/C10H12BrF2NO4S/c11-7-5-8(12)10(13)9(6-7)18-2-1-17-3-4-19(14,15)16/h5-6H,1-4H2,(H2,14,15,16). The van der Waals surface area contributed by atoms with E-state index in [0.717, 1.165) is 6.07 Å². The van der Waals surface area contributed by atoms with Crippen molar-refractivity contribution in [2.24, 2.45) is 5.14 Å². The van der Waals surface area contributed by atoms with Crippen molar-refractivity contribution in [1.82, 2.24) is 0 Å². The molecule has 0 amide bonds. The molecule has 0 spiro atoms. The van der Waals surface area contributed by atoms with Gasteiger partial charge in [0.15, 0.2) is 11.6 Å². The van der Waals surface area contributed by atoms with Crippen LogP contribution in [-0.4, -0.2) is 34.0 Å². The Morgan fingerprint density at radius 2 is 1.89 bits per heavy atom. The quantitative estimate of drug-likeness (QED) is 0.589. The van der Waals surface area contributed by atoms with Gasteiger partial charge < -0.3 is 9.47 Å². The van der Waals surface area contributed by atoms with Crippen LogP contribution in [0.5, 0.6) is 5.75 Å². The minimum atomic E-state index is -3.56. The molecule has 0 aliphatic rings. The Labute approximate surface area is 117 Å². The summed E-state index contributed by atoms with van der Waals surface area (Å²) in [5.41, 5.74) is 0. The van der Waals surface area contributed by atoms with Crippen LogP contribution >= 0.6 is 15.9 Å².